The Labute approximate surface area is 164 Å². The molecule has 2 amide bonds. The number of carbonyl (C=O) groups excluding carboxylic acids is 3. The Bertz CT molecular complexity index is 890. The number of hydrogen-bond acceptors (Lipinski definition) is 4. The van der Waals surface area contributed by atoms with Gasteiger partial charge in [-0.2, -0.15) is 0 Å². The lowest BCUT2D eigenvalue weighted by atomic mass is 9.87. The second-order valence-corrected chi connectivity index (χ2v) is 7.75. The summed E-state index contributed by atoms with van der Waals surface area (Å²) >= 11 is 0. The summed E-state index contributed by atoms with van der Waals surface area (Å²) in [6.45, 7) is 11.0. The third-order valence-corrected chi connectivity index (χ3v) is 4.42. The Morgan fingerprint density at radius 3 is 2.14 bits per heavy atom. The van der Waals surface area contributed by atoms with Gasteiger partial charge in [-0.25, -0.2) is 0 Å². The Kier molecular flexibility index (Phi) is 6.28. The van der Waals surface area contributed by atoms with E-state index in [4.69, 9.17) is 4.74 Å². The number of aromatic amines is 1. The van der Waals surface area contributed by atoms with Crippen LogP contribution in [0, 0.1) is 13.8 Å². The van der Waals surface area contributed by atoms with Gasteiger partial charge in [-0.05, 0) is 49.4 Å². The summed E-state index contributed by atoms with van der Waals surface area (Å²) in [6, 6.07) is 7.53. The van der Waals surface area contributed by atoms with E-state index in [1.807, 2.05) is 12.1 Å². The SMILES string of the molecule is CC(=O)c1c(C)[nH]c(C(=O)NNC(=O)COc2ccc(C(C)(C)C)cc2)c1C. The highest BCUT2D eigenvalue weighted by atomic mass is 16.5. The van der Waals surface area contributed by atoms with Gasteiger partial charge >= 0.3 is 0 Å². The number of benzene rings is 1. The molecule has 0 aliphatic rings. The highest BCUT2D eigenvalue weighted by Gasteiger charge is 2.20. The fourth-order valence-corrected chi connectivity index (χ4v) is 2.93. The van der Waals surface area contributed by atoms with Gasteiger partial charge in [0.25, 0.3) is 11.8 Å². The van der Waals surface area contributed by atoms with E-state index < -0.39 is 11.8 Å². The molecule has 0 spiro atoms. The number of H-pyrrole nitrogens is 1. The van der Waals surface area contributed by atoms with E-state index in [9.17, 15) is 14.4 Å². The fraction of sp³-hybridized carbons (Fsp3) is 0.381. The average molecular weight is 385 g/mol. The van der Waals surface area contributed by atoms with Crippen LogP contribution in [0.5, 0.6) is 5.75 Å². The quantitative estimate of drug-likeness (QED) is 0.544. The molecule has 0 saturated carbocycles. The molecule has 1 aromatic heterocycles. The largest absolute Gasteiger partial charge is 0.484 e. The van der Waals surface area contributed by atoms with Crippen molar-refractivity contribution in [3.05, 3.63) is 52.3 Å². The first-order valence-electron chi connectivity index (χ1n) is 9.03. The highest BCUT2D eigenvalue weighted by molar-refractivity contribution is 6.02. The summed E-state index contributed by atoms with van der Waals surface area (Å²) in [6.07, 6.45) is 0. The molecule has 2 aromatic rings. The van der Waals surface area contributed by atoms with Gasteiger partial charge in [-0.1, -0.05) is 32.9 Å². The summed E-state index contributed by atoms with van der Waals surface area (Å²) < 4.78 is 5.44. The molecule has 2 rings (SSSR count). The van der Waals surface area contributed by atoms with E-state index in [1.54, 1.807) is 26.0 Å². The molecule has 0 saturated heterocycles. The van der Waals surface area contributed by atoms with Gasteiger partial charge in [0.15, 0.2) is 12.4 Å². The number of carbonyl (C=O) groups is 3. The van der Waals surface area contributed by atoms with E-state index in [-0.39, 0.29) is 23.5 Å². The first kappa shape index (κ1) is 21.2. The number of ether oxygens (including phenoxy) is 1. The van der Waals surface area contributed by atoms with Gasteiger partial charge in [0.1, 0.15) is 11.4 Å². The third kappa shape index (κ3) is 5.00. The average Bonchev–Trinajstić information content (AvgIpc) is 2.92. The number of ketones is 1. The molecule has 28 heavy (non-hydrogen) atoms. The van der Waals surface area contributed by atoms with Crippen molar-refractivity contribution in [3.63, 3.8) is 0 Å². The number of hydrogen-bond donors (Lipinski definition) is 3. The van der Waals surface area contributed by atoms with Crippen molar-refractivity contribution < 1.29 is 19.1 Å². The lowest BCUT2D eigenvalue weighted by molar-refractivity contribution is -0.123. The number of nitrogens with one attached hydrogen (secondary N) is 3. The van der Waals surface area contributed by atoms with Gasteiger partial charge in [0, 0.05) is 11.3 Å². The monoisotopic (exact) mass is 385 g/mol. The second-order valence-electron chi connectivity index (χ2n) is 7.75. The topological polar surface area (TPSA) is 100 Å². The smallest absolute Gasteiger partial charge is 0.286 e. The molecule has 0 aliphatic carbocycles. The van der Waals surface area contributed by atoms with Crippen LogP contribution in [0.4, 0.5) is 0 Å². The molecular formula is C21H27N3O4. The van der Waals surface area contributed by atoms with Crippen LogP contribution in [0.2, 0.25) is 0 Å². The zero-order valence-electron chi connectivity index (χ0n) is 17.1. The van der Waals surface area contributed by atoms with Crippen LogP contribution in [0.25, 0.3) is 0 Å². The van der Waals surface area contributed by atoms with Crippen molar-refractivity contribution >= 4 is 17.6 Å². The maximum absolute atomic E-state index is 12.3. The minimum Gasteiger partial charge on any atom is -0.484 e. The van der Waals surface area contributed by atoms with Gasteiger partial charge in [-0.3, -0.25) is 25.2 Å². The summed E-state index contributed by atoms with van der Waals surface area (Å²) in [5.74, 6) is -0.589. The van der Waals surface area contributed by atoms with Crippen LogP contribution in [-0.2, 0) is 10.2 Å². The van der Waals surface area contributed by atoms with E-state index >= 15 is 0 Å². The Balaban J connectivity index is 1.88. The maximum Gasteiger partial charge on any atom is 0.286 e. The third-order valence-electron chi connectivity index (χ3n) is 4.42. The first-order chi connectivity index (χ1) is 13.0. The molecule has 3 N–H and O–H groups in total. The van der Waals surface area contributed by atoms with Crippen molar-refractivity contribution in [2.75, 3.05) is 6.61 Å². The molecular weight excluding hydrogens is 358 g/mol. The van der Waals surface area contributed by atoms with Gasteiger partial charge in [0.2, 0.25) is 0 Å². The van der Waals surface area contributed by atoms with Crippen molar-refractivity contribution in [2.24, 2.45) is 0 Å². The zero-order chi connectivity index (χ0) is 21.1. The van der Waals surface area contributed by atoms with Crippen LogP contribution < -0.4 is 15.6 Å². The summed E-state index contributed by atoms with van der Waals surface area (Å²) in [7, 11) is 0. The minimum atomic E-state index is -0.531. The zero-order valence-corrected chi connectivity index (χ0v) is 17.1. The van der Waals surface area contributed by atoms with Gasteiger partial charge in [0.05, 0.1) is 0 Å². The predicted octanol–water partition coefficient (Wildman–Crippen LogP) is 2.97. The minimum absolute atomic E-state index is 0.0384. The van der Waals surface area contributed by atoms with Crippen LogP contribution in [0.15, 0.2) is 24.3 Å². The predicted molar refractivity (Wildman–Crippen MR) is 107 cm³/mol. The number of aromatic nitrogens is 1. The molecule has 0 unspecified atom stereocenters. The summed E-state index contributed by atoms with van der Waals surface area (Å²) in [5.41, 5.74) is 7.72. The standard InChI is InChI=1S/C21H27N3O4/c1-12-18(14(3)25)13(2)22-19(12)20(27)24-23-17(26)11-28-16-9-7-15(8-10-16)21(4,5)6/h7-10,22H,11H2,1-6H3,(H,23,26)(H,24,27). The van der Waals surface area contributed by atoms with Crippen molar-refractivity contribution in [2.45, 2.75) is 47.0 Å². The van der Waals surface area contributed by atoms with Crippen molar-refractivity contribution in [3.8, 4) is 5.75 Å². The fourth-order valence-electron chi connectivity index (χ4n) is 2.93. The number of Topliss-reactive ketones (excluding diaryl/α,β-unsaturated/α-hetero) is 1. The number of rotatable bonds is 5. The van der Waals surface area contributed by atoms with E-state index in [2.05, 4.69) is 36.6 Å². The van der Waals surface area contributed by atoms with E-state index in [0.29, 0.717) is 22.6 Å². The van der Waals surface area contributed by atoms with Crippen LogP contribution in [0.3, 0.4) is 0 Å². The Morgan fingerprint density at radius 2 is 1.64 bits per heavy atom. The molecule has 1 aromatic carbocycles. The highest BCUT2D eigenvalue weighted by Crippen LogP contribution is 2.24. The van der Waals surface area contributed by atoms with E-state index in [0.717, 1.165) is 5.56 Å². The number of aryl methyl sites for hydroxylation is 1. The summed E-state index contributed by atoms with van der Waals surface area (Å²) in [5, 5.41) is 0. The van der Waals surface area contributed by atoms with Crippen molar-refractivity contribution in [1.29, 1.82) is 0 Å². The van der Waals surface area contributed by atoms with Crippen molar-refractivity contribution in [1.82, 2.24) is 15.8 Å². The van der Waals surface area contributed by atoms with Gasteiger partial charge < -0.3 is 9.72 Å². The van der Waals surface area contributed by atoms with Crippen LogP contribution in [-0.4, -0.2) is 29.2 Å². The summed E-state index contributed by atoms with van der Waals surface area (Å²) in [4.78, 5) is 38.7. The number of hydrazine groups is 1. The molecule has 0 radical (unpaired) electrons. The first-order valence-corrected chi connectivity index (χ1v) is 9.03. The lowest BCUT2D eigenvalue weighted by Gasteiger charge is -2.19. The molecule has 150 valence electrons. The molecule has 0 bridgehead atoms. The normalized spacial score (nSPS) is 11.1. The molecule has 1 heterocycles. The lowest BCUT2D eigenvalue weighted by Crippen LogP contribution is -2.44. The molecule has 7 heteroatoms. The molecule has 0 fully saturated rings. The molecule has 0 aliphatic heterocycles. The number of amides is 2. The van der Waals surface area contributed by atoms with Crippen LogP contribution in [0.1, 0.15) is 65.4 Å². The Morgan fingerprint density at radius 1 is 1.04 bits per heavy atom. The van der Waals surface area contributed by atoms with Crippen LogP contribution >= 0.6 is 0 Å². The van der Waals surface area contributed by atoms with Gasteiger partial charge in [-0.15, -0.1) is 0 Å². The second kappa shape index (κ2) is 8.29. The maximum atomic E-state index is 12.3. The Hall–Kier alpha value is -3.09. The molecule has 0 atom stereocenters. The molecule has 7 nitrogen and oxygen atoms in total. The van der Waals surface area contributed by atoms with E-state index in [1.165, 1.54) is 6.92 Å².